The number of halogens is 2. The van der Waals surface area contributed by atoms with E-state index in [-0.39, 0.29) is 30.0 Å². The van der Waals surface area contributed by atoms with Gasteiger partial charge in [-0.2, -0.15) is 5.10 Å². The molecule has 2 heterocycles. The number of hydrogen-bond acceptors (Lipinski definition) is 4. The number of nitrogens with one attached hydrogen (secondary N) is 2. The summed E-state index contributed by atoms with van der Waals surface area (Å²) in [4.78, 5) is 8.98. The zero-order valence-electron chi connectivity index (χ0n) is 16.7. The molecule has 0 saturated heterocycles. The van der Waals surface area contributed by atoms with Gasteiger partial charge in [0.2, 0.25) is 0 Å². The first kappa shape index (κ1) is 23.6. The summed E-state index contributed by atoms with van der Waals surface area (Å²) in [6.07, 6.45) is 3.74. The lowest BCUT2D eigenvalue weighted by molar-refractivity contribution is 0.510. The summed E-state index contributed by atoms with van der Waals surface area (Å²) >= 11 is 7.71. The van der Waals surface area contributed by atoms with Crippen LogP contribution in [-0.4, -0.2) is 34.3 Å². The van der Waals surface area contributed by atoms with Gasteiger partial charge in [0.05, 0.1) is 18.3 Å². The maximum absolute atomic E-state index is 6.04. The smallest absolute Gasteiger partial charge is 0.191 e. The van der Waals surface area contributed by atoms with Crippen molar-refractivity contribution in [2.75, 3.05) is 13.6 Å². The lowest BCUT2D eigenvalue weighted by Gasteiger charge is -2.20. The number of aromatic nitrogens is 3. The minimum absolute atomic E-state index is 0. The van der Waals surface area contributed by atoms with Crippen molar-refractivity contribution >= 4 is 52.9 Å². The number of nitrogens with zero attached hydrogens (tertiary/aromatic N) is 4. The summed E-state index contributed by atoms with van der Waals surface area (Å²) in [5.74, 6) is 1.17. The van der Waals surface area contributed by atoms with Crippen LogP contribution in [0.25, 0.3) is 0 Å². The Morgan fingerprint density at radius 2 is 2.00 bits per heavy atom. The van der Waals surface area contributed by atoms with Crippen molar-refractivity contribution in [3.8, 4) is 0 Å². The fourth-order valence-corrected chi connectivity index (χ4v) is 3.78. The van der Waals surface area contributed by atoms with Gasteiger partial charge in [-0.15, -0.1) is 35.3 Å². The second-order valence-corrected chi connectivity index (χ2v) is 8.06. The number of hydrogen-bond donors (Lipinski definition) is 2. The van der Waals surface area contributed by atoms with Crippen molar-refractivity contribution in [2.45, 2.75) is 32.4 Å². The third-order valence-corrected chi connectivity index (χ3v) is 5.47. The zero-order valence-corrected chi connectivity index (χ0v) is 20.6. The lowest BCUT2D eigenvalue weighted by atomic mass is 10.1. The van der Waals surface area contributed by atoms with Crippen molar-refractivity contribution in [2.24, 2.45) is 4.99 Å². The molecular weight excluding hydrogens is 519 g/mol. The van der Waals surface area contributed by atoms with Gasteiger partial charge in [0.1, 0.15) is 5.01 Å². The van der Waals surface area contributed by atoms with E-state index < -0.39 is 0 Å². The summed E-state index contributed by atoms with van der Waals surface area (Å²) in [6, 6.07) is 9.79. The lowest BCUT2D eigenvalue weighted by Crippen LogP contribution is -2.40. The third-order valence-electron chi connectivity index (χ3n) is 4.35. The highest BCUT2D eigenvalue weighted by molar-refractivity contribution is 14.0. The summed E-state index contributed by atoms with van der Waals surface area (Å²) in [7, 11) is 1.77. The molecule has 0 amide bonds. The Kier molecular flexibility index (Phi) is 9.38. The second kappa shape index (κ2) is 11.5. The predicted octanol–water partition coefficient (Wildman–Crippen LogP) is 4.69. The molecule has 1 unspecified atom stereocenters. The molecule has 0 aliphatic carbocycles. The van der Waals surface area contributed by atoms with Crippen LogP contribution in [0.15, 0.2) is 53.1 Å². The molecule has 3 rings (SSSR count). The Morgan fingerprint density at radius 1 is 1.24 bits per heavy atom. The van der Waals surface area contributed by atoms with Crippen LogP contribution < -0.4 is 10.6 Å². The van der Waals surface area contributed by atoms with Crippen LogP contribution in [0.4, 0.5) is 0 Å². The molecule has 0 fully saturated rings. The van der Waals surface area contributed by atoms with Gasteiger partial charge in [0.25, 0.3) is 0 Å². The first-order valence-electron chi connectivity index (χ1n) is 9.20. The molecule has 0 aliphatic rings. The number of guanidine groups is 1. The van der Waals surface area contributed by atoms with E-state index >= 15 is 0 Å². The van der Waals surface area contributed by atoms with Crippen LogP contribution in [0.1, 0.15) is 42.1 Å². The van der Waals surface area contributed by atoms with Crippen LogP contribution in [-0.2, 0) is 6.54 Å². The molecule has 0 spiro atoms. The highest BCUT2D eigenvalue weighted by Crippen LogP contribution is 2.20. The number of aliphatic imine (C=N–C) groups is 1. The molecular formula is C20H26ClIN6S. The molecule has 0 radical (unpaired) electrons. The molecule has 9 heteroatoms. The van der Waals surface area contributed by atoms with E-state index in [1.54, 1.807) is 24.6 Å². The van der Waals surface area contributed by atoms with Gasteiger partial charge in [-0.25, -0.2) is 4.98 Å². The summed E-state index contributed by atoms with van der Waals surface area (Å²) in [6.45, 7) is 5.58. The number of thiazole rings is 1. The second-order valence-electron chi connectivity index (χ2n) is 6.68. The van der Waals surface area contributed by atoms with Gasteiger partial charge < -0.3 is 10.6 Å². The highest BCUT2D eigenvalue weighted by atomic mass is 127. The van der Waals surface area contributed by atoms with E-state index in [1.165, 1.54) is 0 Å². The zero-order chi connectivity index (χ0) is 19.9. The summed E-state index contributed by atoms with van der Waals surface area (Å²) in [5, 5.41) is 15.0. The van der Waals surface area contributed by atoms with E-state index in [0.29, 0.717) is 19.0 Å². The standard InChI is InChI=1S/C20H25ClN6S.HI/c1-14(2)17-13-28-19(26-17)12-24-20(22-3)23-11-18(27-10-4-9-25-27)15-5-7-16(21)8-6-15;/h4-10,13-14,18H,11-12H2,1-3H3,(H2,22,23,24);1H. The molecule has 1 aromatic carbocycles. The normalized spacial score (nSPS) is 12.5. The van der Waals surface area contributed by atoms with Crippen molar-refractivity contribution < 1.29 is 0 Å². The van der Waals surface area contributed by atoms with Gasteiger partial charge in [0.15, 0.2) is 5.96 Å². The van der Waals surface area contributed by atoms with Crippen molar-refractivity contribution in [1.82, 2.24) is 25.4 Å². The fourth-order valence-electron chi connectivity index (χ4n) is 2.76. The predicted molar refractivity (Wildman–Crippen MR) is 132 cm³/mol. The van der Waals surface area contributed by atoms with Crippen LogP contribution >= 0.6 is 46.9 Å². The van der Waals surface area contributed by atoms with Crippen molar-refractivity contribution in [3.63, 3.8) is 0 Å². The summed E-state index contributed by atoms with van der Waals surface area (Å²) in [5.41, 5.74) is 2.25. The Bertz CT molecular complexity index is 892. The number of rotatable bonds is 7. The van der Waals surface area contributed by atoms with Crippen molar-refractivity contribution in [1.29, 1.82) is 0 Å². The molecule has 1 atom stereocenters. The SMILES string of the molecule is CN=C(NCc1nc(C(C)C)cs1)NCC(c1ccc(Cl)cc1)n1cccn1.I. The molecule has 2 aromatic heterocycles. The number of benzene rings is 1. The minimum Gasteiger partial charge on any atom is -0.354 e. The first-order valence-corrected chi connectivity index (χ1v) is 10.5. The highest BCUT2D eigenvalue weighted by Gasteiger charge is 2.15. The van der Waals surface area contributed by atoms with Crippen LogP contribution in [0, 0.1) is 0 Å². The van der Waals surface area contributed by atoms with E-state index in [4.69, 9.17) is 11.6 Å². The van der Waals surface area contributed by atoms with Crippen molar-refractivity contribution in [3.05, 3.63) is 69.4 Å². The molecule has 3 aromatic rings. The van der Waals surface area contributed by atoms with E-state index in [9.17, 15) is 0 Å². The molecule has 156 valence electrons. The monoisotopic (exact) mass is 544 g/mol. The maximum Gasteiger partial charge on any atom is 0.191 e. The summed E-state index contributed by atoms with van der Waals surface area (Å²) < 4.78 is 1.93. The Labute approximate surface area is 197 Å². The van der Waals surface area contributed by atoms with E-state index in [0.717, 1.165) is 27.2 Å². The largest absolute Gasteiger partial charge is 0.354 e. The Morgan fingerprint density at radius 3 is 2.59 bits per heavy atom. The molecule has 2 N–H and O–H groups in total. The molecule has 0 saturated carbocycles. The van der Waals surface area contributed by atoms with Gasteiger partial charge in [-0.3, -0.25) is 9.67 Å². The van der Waals surface area contributed by atoms with Crippen LogP contribution in [0.2, 0.25) is 5.02 Å². The average molecular weight is 545 g/mol. The average Bonchev–Trinajstić information content (AvgIpc) is 3.38. The maximum atomic E-state index is 6.04. The van der Waals surface area contributed by atoms with Gasteiger partial charge >= 0.3 is 0 Å². The van der Waals surface area contributed by atoms with Gasteiger partial charge in [-0.1, -0.05) is 37.6 Å². The topological polar surface area (TPSA) is 67.1 Å². The minimum atomic E-state index is 0. The fraction of sp³-hybridized carbons (Fsp3) is 0.350. The Balaban J connectivity index is 0.00000300. The molecule has 29 heavy (non-hydrogen) atoms. The van der Waals surface area contributed by atoms with Crippen LogP contribution in [0.3, 0.4) is 0 Å². The quantitative estimate of drug-likeness (QED) is 0.257. The molecule has 6 nitrogen and oxygen atoms in total. The molecule has 0 aliphatic heterocycles. The van der Waals surface area contributed by atoms with E-state index in [1.807, 2.05) is 41.2 Å². The Hall–Kier alpha value is -1.65. The van der Waals surface area contributed by atoms with Crippen LogP contribution in [0.5, 0.6) is 0 Å². The third kappa shape index (κ3) is 6.68. The first-order chi connectivity index (χ1) is 13.6. The van der Waals surface area contributed by atoms with Gasteiger partial charge in [-0.05, 0) is 29.7 Å². The molecule has 0 bridgehead atoms. The van der Waals surface area contributed by atoms with E-state index in [2.05, 4.69) is 44.9 Å². The van der Waals surface area contributed by atoms with Gasteiger partial charge in [0, 0.05) is 36.4 Å².